The highest BCUT2D eigenvalue weighted by Gasteiger charge is 2.31. The Morgan fingerprint density at radius 3 is 2.58 bits per heavy atom. The van der Waals surface area contributed by atoms with Crippen LogP contribution in [0.3, 0.4) is 0 Å². The Kier molecular flexibility index (Phi) is 7.12. The van der Waals surface area contributed by atoms with Crippen LogP contribution in [-0.2, 0) is 19.6 Å². The quantitative estimate of drug-likeness (QED) is 0.401. The van der Waals surface area contributed by atoms with E-state index >= 15 is 0 Å². The molecule has 3 rings (SSSR count). The van der Waals surface area contributed by atoms with Crippen LogP contribution in [0.2, 0.25) is 0 Å². The number of carbonyl (C=O) groups is 3. The van der Waals surface area contributed by atoms with Gasteiger partial charge in [0.2, 0.25) is 15.9 Å². The van der Waals surface area contributed by atoms with Crippen LogP contribution in [0.15, 0.2) is 23.1 Å². The summed E-state index contributed by atoms with van der Waals surface area (Å²) >= 11 is 0.885. The molecule has 0 bridgehead atoms. The van der Waals surface area contributed by atoms with Gasteiger partial charge in [-0.25, -0.2) is 8.42 Å². The van der Waals surface area contributed by atoms with E-state index in [1.165, 1.54) is 10.4 Å². The molecule has 14 heteroatoms. The number of hydrogen-bond donors (Lipinski definition) is 1. The smallest absolute Gasteiger partial charge is 0.312 e. The van der Waals surface area contributed by atoms with Gasteiger partial charge < -0.3 is 10.1 Å². The molecule has 0 unspecified atom stereocenters. The third-order valence-electron chi connectivity index (χ3n) is 4.69. The Labute approximate surface area is 182 Å². The molecule has 1 aromatic carbocycles. The average Bonchev–Trinajstić information content (AvgIpc) is 3.38. The Balaban J connectivity index is 1.59. The number of ether oxygens (including phenoxy) is 1. The Morgan fingerprint density at radius 2 is 1.97 bits per heavy atom. The molecule has 2 heterocycles. The summed E-state index contributed by atoms with van der Waals surface area (Å²) in [4.78, 5) is 46.3. The number of benzene rings is 1. The van der Waals surface area contributed by atoms with E-state index in [9.17, 15) is 32.9 Å². The fourth-order valence-electron chi connectivity index (χ4n) is 3.10. The fourth-order valence-corrected chi connectivity index (χ4v) is 5.39. The number of amides is 3. The number of hydrogen-bond acceptors (Lipinski definition) is 9. The maximum Gasteiger partial charge on any atom is 0.312 e. The standard InChI is InChI=1S/C17H20N4O8S2/c22-15(18-5-8-20-16(23)11-30-17(20)24)10-29-14-4-3-12(9-13(14)21(25)26)31(27,28)19-6-1-2-7-19/h3-4,9H,1-2,5-8,10-11H2,(H,18,22). The minimum atomic E-state index is -3.84. The van der Waals surface area contributed by atoms with E-state index in [1.807, 2.05) is 0 Å². The van der Waals surface area contributed by atoms with Crippen LogP contribution in [0.1, 0.15) is 12.8 Å². The minimum absolute atomic E-state index is 0.00927. The molecule has 31 heavy (non-hydrogen) atoms. The predicted octanol–water partition coefficient (Wildman–Crippen LogP) is 0.570. The largest absolute Gasteiger partial charge is 0.477 e. The molecule has 0 spiro atoms. The van der Waals surface area contributed by atoms with Crippen LogP contribution >= 0.6 is 11.8 Å². The van der Waals surface area contributed by atoms with E-state index in [-0.39, 0.29) is 40.6 Å². The zero-order valence-electron chi connectivity index (χ0n) is 16.3. The number of nitrogens with one attached hydrogen (secondary N) is 1. The SMILES string of the molecule is O=C(COc1ccc(S(=O)(=O)N2CCCC2)cc1[N+](=O)[O-])NCCN1C(=O)CSC1=O. The van der Waals surface area contributed by atoms with Crippen molar-refractivity contribution in [1.29, 1.82) is 0 Å². The van der Waals surface area contributed by atoms with Crippen molar-refractivity contribution in [2.45, 2.75) is 17.7 Å². The number of sulfonamides is 1. The van der Waals surface area contributed by atoms with Gasteiger partial charge in [-0.05, 0) is 25.0 Å². The summed E-state index contributed by atoms with van der Waals surface area (Å²) in [5.41, 5.74) is -0.571. The Bertz CT molecular complexity index is 991. The fraction of sp³-hybridized carbons (Fsp3) is 0.471. The first kappa shape index (κ1) is 23.0. The molecule has 2 aliphatic heterocycles. The lowest BCUT2D eigenvalue weighted by molar-refractivity contribution is -0.386. The number of nitro groups is 1. The molecule has 0 aromatic heterocycles. The van der Waals surface area contributed by atoms with Gasteiger partial charge in [0, 0.05) is 32.2 Å². The zero-order valence-corrected chi connectivity index (χ0v) is 17.9. The predicted molar refractivity (Wildman–Crippen MR) is 109 cm³/mol. The summed E-state index contributed by atoms with van der Waals surface area (Å²) in [5, 5.41) is 13.5. The van der Waals surface area contributed by atoms with Gasteiger partial charge in [0.05, 0.1) is 15.6 Å². The second-order valence-corrected chi connectivity index (χ2v) is 9.60. The lowest BCUT2D eigenvalue weighted by atomic mass is 10.3. The summed E-state index contributed by atoms with van der Waals surface area (Å²) in [6.07, 6.45) is 1.47. The lowest BCUT2D eigenvalue weighted by Crippen LogP contribution is -2.39. The number of nitro benzene ring substituents is 1. The van der Waals surface area contributed by atoms with Crippen LogP contribution < -0.4 is 10.1 Å². The molecule has 0 aliphatic carbocycles. The third-order valence-corrected chi connectivity index (χ3v) is 7.44. The van der Waals surface area contributed by atoms with Gasteiger partial charge in [-0.15, -0.1) is 0 Å². The van der Waals surface area contributed by atoms with E-state index in [4.69, 9.17) is 4.74 Å². The van der Waals surface area contributed by atoms with Gasteiger partial charge in [0.25, 0.3) is 11.1 Å². The number of carbonyl (C=O) groups excluding carboxylic acids is 3. The molecule has 12 nitrogen and oxygen atoms in total. The normalized spacial score (nSPS) is 17.2. The molecular weight excluding hydrogens is 452 g/mol. The van der Waals surface area contributed by atoms with Crippen molar-refractivity contribution in [3.05, 3.63) is 28.3 Å². The summed E-state index contributed by atoms with van der Waals surface area (Å²) in [5.74, 6) is -1.13. The molecule has 1 N–H and O–H groups in total. The van der Waals surface area contributed by atoms with Crippen LogP contribution in [-0.4, -0.2) is 78.1 Å². The van der Waals surface area contributed by atoms with E-state index in [2.05, 4.69) is 5.32 Å². The number of rotatable bonds is 9. The van der Waals surface area contributed by atoms with E-state index < -0.39 is 33.1 Å². The maximum absolute atomic E-state index is 12.6. The molecule has 168 valence electrons. The van der Waals surface area contributed by atoms with E-state index in [0.29, 0.717) is 13.1 Å². The van der Waals surface area contributed by atoms with Gasteiger partial charge in [0.15, 0.2) is 12.4 Å². The van der Waals surface area contributed by atoms with Gasteiger partial charge in [0.1, 0.15) is 0 Å². The molecule has 2 fully saturated rings. The molecular formula is C17H20N4O8S2. The van der Waals surface area contributed by atoms with Crippen LogP contribution in [0.4, 0.5) is 10.5 Å². The van der Waals surface area contributed by atoms with Crippen molar-refractivity contribution in [3.63, 3.8) is 0 Å². The van der Waals surface area contributed by atoms with Crippen LogP contribution in [0, 0.1) is 10.1 Å². The number of nitrogens with zero attached hydrogens (tertiary/aromatic N) is 3. The van der Waals surface area contributed by atoms with Gasteiger partial charge in [-0.1, -0.05) is 11.8 Å². The summed E-state index contributed by atoms with van der Waals surface area (Å²) in [7, 11) is -3.84. The van der Waals surface area contributed by atoms with Gasteiger partial charge in [-0.3, -0.25) is 29.4 Å². The third kappa shape index (κ3) is 5.32. The van der Waals surface area contributed by atoms with Crippen molar-refractivity contribution in [2.24, 2.45) is 0 Å². The monoisotopic (exact) mass is 472 g/mol. The highest BCUT2D eigenvalue weighted by molar-refractivity contribution is 8.14. The van der Waals surface area contributed by atoms with Crippen molar-refractivity contribution in [2.75, 3.05) is 38.5 Å². The minimum Gasteiger partial charge on any atom is -0.477 e. The molecule has 2 saturated heterocycles. The van der Waals surface area contributed by atoms with Crippen molar-refractivity contribution in [3.8, 4) is 5.75 Å². The first-order chi connectivity index (χ1) is 14.7. The second kappa shape index (κ2) is 9.62. The second-order valence-electron chi connectivity index (χ2n) is 6.74. The summed E-state index contributed by atoms with van der Waals surface area (Å²) < 4.78 is 31.7. The van der Waals surface area contributed by atoms with Crippen LogP contribution in [0.5, 0.6) is 5.75 Å². The van der Waals surface area contributed by atoms with Gasteiger partial charge in [-0.2, -0.15) is 4.31 Å². The molecule has 0 saturated carbocycles. The Hall–Kier alpha value is -2.71. The molecule has 3 amide bonds. The van der Waals surface area contributed by atoms with Crippen LogP contribution in [0.25, 0.3) is 0 Å². The highest BCUT2D eigenvalue weighted by atomic mass is 32.2. The Morgan fingerprint density at radius 1 is 1.26 bits per heavy atom. The van der Waals surface area contributed by atoms with Crippen molar-refractivity contribution < 1.29 is 32.5 Å². The molecule has 0 radical (unpaired) electrons. The zero-order chi connectivity index (χ0) is 22.6. The highest BCUT2D eigenvalue weighted by Crippen LogP contribution is 2.31. The molecule has 2 aliphatic rings. The average molecular weight is 473 g/mol. The van der Waals surface area contributed by atoms with Crippen molar-refractivity contribution >= 4 is 44.5 Å². The van der Waals surface area contributed by atoms with E-state index in [1.54, 1.807) is 0 Å². The number of thioether (sulfide) groups is 1. The molecule has 1 aromatic rings. The first-order valence-corrected chi connectivity index (χ1v) is 11.8. The molecule has 0 atom stereocenters. The maximum atomic E-state index is 12.6. The lowest BCUT2D eigenvalue weighted by Gasteiger charge is -2.16. The van der Waals surface area contributed by atoms with E-state index in [0.717, 1.165) is 41.6 Å². The summed E-state index contributed by atoms with van der Waals surface area (Å²) in [6.45, 7) is 0.189. The topological polar surface area (TPSA) is 156 Å². The van der Waals surface area contributed by atoms with Gasteiger partial charge >= 0.3 is 5.69 Å². The van der Waals surface area contributed by atoms with Crippen molar-refractivity contribution in [1.82, 2.24) is 14.5 Å². The first-order valence-electron chi connectivity index (χ1n) is 9.35. The number of imide groups is 1. The summed E-state index contributed by atoms with van der Waals surface area (Å²) in [6, 6.07) is 3.27.